The molecule has 0 spiro atoms. The van der Waals surface area contributed by atoms with Crippen LogP contribution in [0.5, 0.6) is 0 Å². The number of aliphatic carboxylic acids is 1. The molecule has 114 valence electrons. The third-order valence-electron chi connectivity index (χ3n) is 3.25. The van der Waals surface area contributed by atoms with Crippen LogP contribution in [0.3, 0.4) is 0 Å². The zero-order chi connectivity index (χ0) is 15.4. The van der Waals surface area contributed by atoms with Gasteiger partial charge in [-0.3, -0.25) is 4.79 Å². The van der Waals surface area contributed by atoms with Crippen molar-refractivity contribution >= 4 is 12.0 Å². The lowest BCUT2D eigenvalue weighted by molar-refractivity contribution is -0.137. The topological polar surface area (TPSA) is 69.6 Å². The summed E-state index contributed by atoms with van der Waals surface area (Å²) in [7, 11) is 0. The largest absolute Gasteiger partial charge is 0.481 e. The first-order chi connectivity index (χ1) is 9.97. The molecule has 0 unspecified atom stereocenters. The maximum Gasteiger partial charge on any atom is 0.317 e. The van der Waals surface area contributed by atoms with Crippen molar-refractivity contribution in [2.45, 2.75) is 31.8 Å². The molecule has 0 bridgehead atoms. The Hall–Kier alpha value is -2.18. The lowest BCUT2D eigenvalue weighted by Crippen LogP contribution is -2.42. The summed E-state index contributed by atoms with van der Waals surface area (Å²) in [5.74, 6) is -2.16. The molecule has 0 radical (unpaired) electrons. The van der Waals surface area contributed by atoms with E-state index in [9.17, 15) is 18.4 Å². The van der Waals surface area contributed by atoms with Crippen molar-refractivity contribution in [3.63, 3.8) is 0 Å². The van der Waals surface area contributed by atoms with Crippen molar-refractivity contribution < 1.29 is 23.5 Å². The van der Waals surface area contributed by atoms with E-state index in [0.717, 1.165) is 31.0 Å². The van der Waals surface area contributed by atoms with E-state index in [0.29, 0.717) is 0 Å². The van der Waals surface area contributed by atoms with Gasteiger partial charge in [0.15, 0.2) is 0 Å². The summed E-state index contributed by atoms with van der Waals surface area (Å²) in [6.07, 6.45) is 1.53. The quantitative estimate of drug-likeness (QED) is 0.845. The summed E-state index contributed by atoms with van der Waals surface area (Å²) in [6.45, 7) is -0.0316. The van der Waals surface area contributed by atoms with Gasteiger partial charge in [0.1, 0.15) is 11.6 Å². The Bertz CT molecular complexity index is 547. The van der Waals surface area contributed by atoms with Gasteiger partial charge in [-0.2, -0.15) is 0 Å². The maximum absolute atomic E-state index is 13.4. The van der Waals surface area contributed by atoms with E-state index in [1.165, 1.54) is 4.90 Å². The van der Waals surface area contributed by atoms with E-state index < -0.39 is 23.6 Å². The minimum absolute atomic E-state index is 0.0432. The Balaban J connectivity index is 1.92. The minimum Gasteiger partial charge on any atom is -0.481 e. The lowest BCUT2D eigenvalue weighted by Gasteiger charge is -2.22. The van der Waals surface area contributed by atoms with E-state index in [2.05, 4.69) is 5.32 Å². The van der Waals surface area contributed by atoms with Crippen LogP contribution in [0.1, 0.15) is 24.8 Å². The summed E-state index contributed by atoms with van der Waals surface area (Å²) in [5.41, 5.74) is 0.0531. The first-order valence-electron chi connectivity index (χ1n) is 6.67. The number of hydrogen-bond acceptors (Lipinski definition) is 2. The third kappa shape index (κ3) is 4.40. The zero-order valence-corrected chi connectivity index (χ0v) is 11.3. The Morgan fingerprint density at radius 3 is 2.67 bits per heavy atom. The predicted octanol–water partition coefficient (Wildman–Crippen LogP) is 2.11. The second-order valence-corrected chi connectivity index (χ2v) is 4.96. The number of carboxylic acids is 1. The highest BCUT2D eigenvalue weighted by atomic mass is 19.1. The molecule has 0 aromatic heterocycles. The summed E-state index contributed by atoms with van der Waals surface area (Å²) in [4.78, 5) is 24.0. The number of hydrogen-bond donors (Lipinski definition) is 2. The number of halogens is 2. The summed E-state index contributed by atoms with van der Waals surface area (Å²) < 4.78 is 26.5. The summed E-state index contributed by atoms with van der Waals surface area (Å²) in [5, 5.41) is 11.2. The SMILES string of the molecule is O=C(O)CCN(C(=O)NCc1cc(F)ccc1F)C1CC1. The number of carbonyl (C=O) groups is 2. The standard InChI is InChI=1S/C14H16F2N2O3/c15-10-1-4-12(16)9(7-10)8-17-14(21)18(11-2-3-11)6-5-13(19)20/h1,4,7,11H,2-3,5-6,8H2,(H,17,21)(H,19,20). The minimum atomic E-state index is -0.982. The van der Waals surface area contributed by atoms with Crippen LogP contribution in [0.25, 0.3) is 0 Å². The molecule has 1 aliphatic rings. The molecule has 2 amide bonds. The van der Waals surface area contributed by atoms with Crippen LogP contribution in [-0.2, 0) is 11.3 Å². The number of rotatable bonds is 6. The van der Waals surface area contributed by atoms with E-state index in [-0.39, 0.29) is 31.1 Å². The number of benzene rings is 1. The molecule has 0 atom stereocenters. The van der Waals surface area contributed by atoms with Crippen LogP contribution >= 0.6 is 0 Å². The van der Waals surface area contributed by atoms with Gasteiger partial charge in [-0.05, 0) is 31.0 Å². The Kier molecular flexibility index (Phi) is 4.72. The van der Waals surface area contributed by atoms with Gasteiger partial charge in [0.25, 0.3) is 0 Å². The Morgan fingerprint density at radius 2 is 2.05 bits per heavy atom. The Morgan fingerprint density at radius 1 is 1.33 bits per heavy atom. The molecule has 0 aliphatic heterocycles. The highest BCUT2D eigenvalue weighted by Crippen LogP contribution is 2.27. The molecule has 1 saturated carbocycles. The maximum atomic E-state index is 13.4. The number of nitrogens with one attached hydrogen (secondary N) is 1. The first-order valence-corrected chi connectivity index (χ1v) is 6.67. The van der Waals surface area contributed by atoms with Crippen molar-refractivity contribution in [3.05, 3.63) is 35.4 Å². The monoisotopic (exact) mass is 298 g/mol. The normalized spacial score (nSPS) is 13.8. The average Bonchev–Trinajstić information content (AvgIpc) is 3.24. The number of nitrogens with zero attached hydrogens (tertiary/aromatic N) is 1. The molecule has 1 aromatic carbocycles. The highest BCUT2D eigenvalue weighted by molar-refractivity contribution is 5.76. The smallest absolute Gasteiger partial charge is 0.317 e. The van der Waals surface area contributed by atoms with Gasteiger partial charge < -0.3 is 15.3 Å². The van der Waals surface area contributed by atoms with Gasteiger partial charge in [-0.15, -0.1) is 0 Å². The van der Waals surface area contributed by atoms with Gasteiger partial charge in [-0.1, -0.05) is 0 Å². The fourth-order valence-electron chi connectivity index (χ4n) is 2.00. The lowest BCUT2D eigenvalue weighted by atomic mass is 10.2. The van der Waals surface area contributed by atoms with Crippen LogP contribution in [-0.4, -0.2) is 34.6 Å². The Labute approximate surface area is 120 Å². The summed E-state index contributed by atoms with van der Waals surface area (Å²) >= 11 is 0. The second-order valence-electron chi connectivity index (χ2n) is 4.96. The van der Waals surface area contributed by atoms with Gasteiger partial charge in [-0.25, -0.2) is 13.6 Å². The van der Waals surface area contributed by atoms with Crippen molar-refractivity contribution in [3.8, 4) is 0 Å². The van der Waals surface area contributed by atoms with Crippen molar-refractivity contribution in [1.29, 1.82) is 0 Å². The molecular weight excluding hydrogens is 282 g/mol. The van der Waals surface area contributed by atoms with Gasteiger partial charge in [0.2, 0.25) is 0 Å². The van der Waals surface area contributed by atoms with Gasteiger partial charge in [0.05, 0.1) is 6.42 Å². The third-order valence-corrected chi connectivity index (χ3v) is 3.25. The number of carbonyl (C=O) groups excluding carboxylic acids is 1. The van der Waals surface area contributed by atoms with Crippen LogP contribution in [0.15, 0.2) is 18.2 Å². The molecule has 21 heavy (non-hydrogen) atoms. The number of amides is 2. The highest BCUT2D eigenvalue weighted by Gasteiger charge is 2.32. The molecule has 1 fully saturated rings. The summed E-state index contributed by atoms with van der Waals surface area (Å²) in [6, 6.07) is 2.61. The van der Waals surface area contributed by atoms with Gasteiger partial charge >= 0.3 is 12.0 Å². The predicted molar refractivity (Wildman–Crippen MR) is 70.6 cm³/mol. The van der Waals surface area contributed by atoms with Crippen LogP contribution in [0.2, 0.25) is 0 Å². The molecule has 1 aliphatic carbocycles. The van der Waals surface area contributed by atoms with Crippen LogP contribution in [0.4, 0.5) is 13.6 Å². The number of urea groups is 1. The van der Waals surface area contributed by atoms with Crippen molar-refractivity contribution in [1.82, 2.24) is 10.2 Å². The molecule has 7 heteroatoms. The molecule has 2 N–H and O–H groups in total. The fourth-order valence-corrected chi connectivity index (χ4v) is 2.00. The molecule has 2 rings (SSSR count). The fraction of sp³-hybridized carbons (Fsp3) is 0.429. The zero-order valence-electron chi connectivity index (χ0n) is 11.3. The van der Waals surface area contributed by atoms with Gasteiger partial charge in [0, 0.05) is 24.7 Å². The molecule has 5 nitrogen and oxygen atoms in total. The van der Waals surface area contributed by atoms with E-state index in [1.807, 2.05) is 0 Å². The van der Waals surface area contributed by atoms with Crippen molar-refractivity contribution in [2.24, 2.45) is 0 Å². The average molecular weight is 298 g/mol. The van der Waals surface area contributed by atoms with E-state index in [1.54, 1.807) is 0 Å². The molecule has 0 saturated heterocycles. The van der Waals surface area contributed by atoms with E-state index in [4.69, 9.17) is 5.11 Å². The van der Waals surface area contributed by atoms with E-state index >= 15 is 0 Å². The molecular formula is C14H16F2N2O3. The van der Waals surface area contributed by atoms with Crippen LogP contribution in [0, 0.1) is 11.6 Å². The second kappa shape index (κ2) is 6.51. The number of carboxylic acid groups (broad SMARTS) is 1. The molecule has 0 heterocycles. The molecule has 1 aromatic rings. The van der Waals surface area contributed by atoms with Crippen LogP contribution < -0.4 is 5.32 Å². The van der Waals surface area contributed by atoms with Crippen molar-refractivity contribution in [2.75, 3.05) is 6.54 Å². The first kappa shape index (κ1) is 15.2.